The second kappa shape index (κ2) is 7.74. The zero-order chi connectivity index (χ0) is 21.7. The van der Waals surface area contributed by atoms with Gasteiger partial charge in [-0.3, -0.25) is 0 Å². The topological polar surface area (TPSA) is 80.2 Å². The summed E-state index contributed by atoms with van der Waals surface area (Å²) in [6.45, 7) is 1.54. The van der Waals surface area contributed by atoms with Crippen molar-refractivity contribution < 1.29 is 9.13 Å². The van der Waals surface area contributed by atoms with Crippen molar-refractivity contribution in [2.75, 3.05) is 30.0 Å². The van der Waals surface area contributed by atoms with Gasteiger partial charge in [0.15, 0.2) is 11.6 Å². The number of ether oxygens (including phenoxy) is 1. The first-order valence-corrected chi connectivity index (χ1v) is 11.1. The first-order valence-electron chi connectivity index (χ1n) is 11.1. The van der Waals surface area contributed by atoms with Gasteiger partial charge in [0, 0.05) is 74.6 Å². The van der Waals surface area contributed by atoms with Crippen LogP contribution in [-0.2, 0) is 11.2 Å². The Hall–Kier alpha value is -3.20. The fraction of sp³-hybridized carbons (Fsp3) is 0.435. The Labute approximate surface area is 185 Å². The van der Waals surface area contributed by atoms with E-state index >= 15 is 0 Å². The number of hydrogen-bond donors (Lipinski definition) is 0. The molecule has 0 aromatic carbocycles. The number of aromatic nitrogens is 5. The Morgan fingerprint density at radius 3 is 2.69 bits per heavy atom. The fourth-order valence-corrected chi connectivity index (χ4v) is 5.13. The van der Waals surface area contributed by atoms with E-state index in [0.717, 1.165) is 55.7 Å². The van der Waals surface area contributed by atoms with Gasteiger partial charge in [-0.05, 0) is 25.3 Å². The first kappa shape index (κ1) is 19.5. The molecular formula is C23H24FN7O. The van der Waals surface area contributed by atoms with Gasteiger partial charge in [0.25, 0.3) is 0 Å². The minimum Gasteiger partial charge on any atom is -0.378 e. The molecule has 0 aliphatic carbocycles. The fourth-order valence-electron chi connectivity index (χ4n) is 5.13. The lowest BCUT2D eigenvalue weighted by molar-refractivity contribution is 0.0787. The molecule has 3 aromatic heterocycles. The summed E-state index contributed by atoms with van der Waals surface area (Å²) < 4.78 is 19.9. The quantitative estimate of drug-likeness (QED) is 0.581. The molecule has 9 heteroatoms. The summed E-state index contributed by atoms with van der Waals surface area (Å²) in [6, 6.07) is 5.62. The summed E-state index contributed by atoms with van der Waals surface area (Å²) in [7, 11) is 1.71. The maximum Gasteiger partial charge on any atom is 0.216 e. The standard InChI is InChI=1S/C23H24FN7O/c1-32-16-12-30(13-16)15-9-20(24)29-21(10-15)31-14-4-2-5-19(31)17-11-27-23(28-18(17)8-14)22-25-6-3-7-26-22/h3,6-7,9-11,14,16,19H,2,4-5,8,12-13H2,1H3. The monoisotopic (exact) mass is 433 g/mol. The normalized spacial score (nSPS) is 22.4. The lowest BCUT2D eigenvalue weighted by Crippen LogP contribution is -2.52. The number of nitrogens with zero attached hydrogens (tertiary/aromatic N) is 7. The van der Waals surface area contributed by atoms with Gasteiger partial charge < -0.3 is 14.5 Å². The molecule has 0 amide bonds. The molecule has 2 unspecified atom stereocenters. The summed E-state index contributed by atoms with van der Waals surface area (Å²) in [5.41, 5.74) is 2.99. The van der Waals surface area contributed by atoms with E-state index in [0.29, 0.717) is 17.5 Å². The molecule has 32 heavy (non-hydrogen) atoms. The zero-order valence-corrected chi connectivity index (χ0v) is 17.9. The van der Waals surface area contributed by atoms with Gasteiger partial charge in [-0.25, -0.2) is 24.9 Å². The van der Waals surface area contributed by atoms with Crippen LogP contribution in [0.5, 0.6) is 0 Å². The summed E-state index contributed by atoms with van der Waals surface area (Å²) in [5.74, 6) is 1.32. The SMILES string of the molecule is COC1CN(c2cc(F)nc(N3C4CCCC3c3cnc(-c5ncccn5)nc3C4)c2)C1. The van der Waals surface area contributed by atoms with Crippen molar-refractivity contribution in [3.63, 3.8) is 0 Å². The molecule has 3 aromatic rings. The summed E-state index contributed by atoms with van der Waals surface area (Å²) >= 11 is 0. The van der Waals surface area contributed by atoms with Gasteiger partial charge in [-0.1, -0.05) is 0 Å². The minimum atomic E-state index is -0.449. The van der Waals surface area contributed by atoms with Crippen molar-refractivity contribution in [2.45, 2.75) is 43.9 Å². The predicted octanol–water partition coefficient (Wildman–Crippen LogP) is 2.96. The molecule has 2 fully saturated rings. The lowest BCUT2D eigenvalue weighted by atomic mass is 9.82. The van der Waals surface area contributed by atoms with Crippen LogP contribution >= 0.6 is 0 Å². The second-order valence-electron chi connectivity index (χ2n) is 8.65. The number of rotatable bonds is 4. The largest absolute Gasteiger partial charge is 0.378 e. The summed E-state index contributed by atoms with van der Waals surface area (Å²) in [5, 5.41) is 0. The Bertz CT molecular complexity index is 1140. The van der Waals surface area contributed by atoms with Crippen LogP contribution in [0.3, 0.4) is 0 Å². The Kier molecular flexibility index (Phi) is 4.71. The Morgan fingerprint density at radius 1 is 1.03 bits per heavy atom. The van der Waals surface area contributed by atoms with Crippen LogP contribution in [-0.4, -0.2) is 57.3 Å². The second-order valence-corrected chi connectivity index (χ2v) is 8.65. The molecule has 0 radical (unpaired) electrons. The van der Waals surface area contributed by atoms with E-state index in [2.05, 4.69) is 29.7 Å². The van der Waals surface area contributed by atoms with Crippen LogP contribution < -0.4 is 9.80 Å². The van der Waals surface area contributed by atoms with Gasteiger partial charge in [-0.15, -0.1) is 0 Å². The molecule has 0 saturated carbocycles. The number of piperidine rings is 1. The van der Waals surface area contributed by atoms with E-state index in [-0.39, 0.29) is 18.2 Å². The van der Waals surface area contributed by atoms with E-state index in [4.69, 9.17) is 9.72 Å². The smallest absolute Gasteiger partial charge is 0.216 e. The first-order chi connectivity index (χ1) is 15.7. The van der Waals surface area contributed by atoms with Crippen molar-refractivity contribution in [3.8, 4) is 11.6 Å². The van der Waals surface area contributed by atoms with Crippen molar-refractivity contribution in [3.05, 3.63) is 54.0 Å². The average Bonchev–Trinajstić information content (AvgIpc) is 2.78. The van der Waals surface area contributed by atoms with Crippen LogP contribution in [0.25, 0.3) is 11.6 Å². The molecule has 0 N–H and O–H groups in total. The Balaban J connectivity index is 1.34. The summed E-state index contributed by atoms with van der Waals surface area (Å²) in [4.78, 5) is 26.7. The summed E-state index contributed by atoms with van der Waals surface area (Å²) in [6.07, 6.45) is 9.39. The minimum absolute atomic E-state index is 0.0912. The number of halogens is 1. The van der Waals surface area contributed by atoms with Crippen LogP contribution in [0.2, 0.25) is 0 Å². The van der Waals surface area contributed by atoms with Gasteiger partial charge in [-0.2, -0.15) is 4.39 Å². The highest BCUT2D eigenvalue weighted by atomic mass is 19.1. The number of pyridine rings is 1. The average molecular weight is 433 g/mol. The molecule has 3 aliphatic heterocycles. The molecule has 2 bridgehead atoms. The molecule has 0 spiro atoms. The predicted molar refractivity (Wildman–Crippen MR) is 117 cm³/mol. The molecule has 6 rings (SSSR count). The molecule has 6 heterocycles. The van der Waals surface area contributed by atoms with Crippen molar-refractivity contribution in [1.29, 1.82) is 0 Å². The van der Waals surface area contributed by atoms with Crippen molar-refractivity contribution >= 4 is 11.5 Å². The molecule has 2 atom stereocenters. The van der Waals surface area contributed by atoms with Crippen LogP contribution in [0.1, 0.15) is 36.6 Å². The van der Waals surface area contributed by atoms with E-state index in [1.54, 1.807) is 25.6 Å². The molecule has 164 valence electrons. The van der Waals surface area contributed by atoms with E-state index in [1.807, 2.05) is 12.3 Å². The molecule has 3 aliphatic rings. The van der Waals surface area contributed by atoms with Gasteiger partial charge in [0.2, 0.25) is 5.95 Å². The zero-order valence-electron chi connectivity index (χ0n) is 17.9. The number of hydrogen-bond acceptors (Lipinski definition) is 8. The number of fused-ring (bicyclic) bond motifs is 4. The maximum atomic E-state index is 14.6. The highest BCUT2D eigenvalue weighted by Gasteiger charge is 2.40. The van der Waals surface area contributed by atoms with Crippen LogP contribution in [0, 0.1) is 5.95 Å². The van der Waals surface area contributed by atoms with Gasteiger partial charge in [0.1, 0.15) is 5.82 Å². The Morgan fingerprint density at radius 2 is 1.88 bits per heavy atom. The number of anilines is 2. The highest BCUT2D eigenvalue weighted by molar-refractivity contribution is 5.59. The number of methoxy groups -OCH3 is 1. The third-order valence-corrected chi connectivity index (χ3v) is 6.77. The lowest BCUT2D eigenvalue weighted by Gasteiger charge is -2.47. The van der Waals surface area contributed by atoms with Gasteiger partial charge in [0.05, 0.1) is 17.8 Å². The van der Waals surface area contributed by atoms with Crippen molar-refractivity contribution in [2.24, 2.45) is 0 Å². The van der Waals surface area contributed by atoms with Crippen LogP contribution in [0.4, 0.5) is 15.9 Å². The third-order valence-electron chi connectivity index (χ3n) is 6.77. The van der Waals surface area contributed by atoms with Crippen LogP contribution in [0.15, 0.2) is 36.8 Å². The van der Waals surface area contributed by atoms with Crippen molar-refractivity contribution in [1.82, 2.24) is 24.9 Å². The van der Waals surface area contributed by atoms with E-state index in [9.17, 15) is 4.39 Å². The molecule has 8 nitrogen and oxygen atoms in total. The van der Waals surface area contributed by atoms with E-state index in [1.165, 1.54) is 6.07 Å². The third kappa shape index (κ3) is 3.28. The highest BCUT2D eigenvalue weighted by Crippen LogP contribution is 2.44. The van der Waals surface area contributed by atoms with E-state index < -0.39 is 5.95 Å². The molecular weight excluding hydrogens is 409 g/mol. The maximum absolute atomic E-state index is 14.6. The molecule has 2 saturated heterocycles. The van der Waals surface area contributed by atoms with Gasteiger partial charge >= 0.3 is 0 Å².